The van der Waals surface area contributed by atoms with Gasteiger partial charge in [-0.15, -0.1) is 0 Å². The molecular weight excluding hydrogens is 353 g/mol. The molecule has 2 N–H and O–H groups in total. The van der Waals surface area contributed by atoms with Crippen LogP contribution in [-0.2, 0) is 10.3 Å². The zero-order valence-electron chi connectivity index (χ0n) is 14.0. The minimum atomic E-state index is -0.581. The summed E-state index contributed by atoms with van der Waals surface area (Å²) in [5.41, 5.74) is 7.57. The van der Waals surface area contributed by atoms with Crippen LogP contribution in [0.3, 0.4) is 0 Å². The molecule has 134 valence electrons. The molecule has 3 unspecified atom stereocenters. The Bertz CT molecular complexity index is 906. The summed E-state index contributed by atoms with van der Waals surface area (Å²) in [5, 5.41) is 0.559. The number of aliphatic imine (C=N–C) groups is 1. The average Bonchev–Trinajstić information content (AvgIpc) is 3.05. The third-order valence-electron chi connectivity index (χ3n) is 5.28. The van der Waals surface area contributed by atoms with E-state index in [9.17, 15) is 4.39 Å². The molecule has 7 heteroatoms. The molecule has 0 aliphatic carbocycles. The van der Waals surface area contributed by atoms with E-state index in [1.807, 2.05) is 18.2 Å². The summed E-state index contributed by atoms with van der Waals surface area (Å²) in [6.45, 7) is 0.693. The van der Waals surface area contributed by atoms with Crippen molar-refractivity contribution in [2.24, 2.45) is 10.7 Å². The first kappa shape index (κ1) is 16.1. The maximum absolute atomic E-state index is 14.2. The van der Waals surface area contributed by atoms with Crippen LogP contribution in [0.15, 0.2) is 41.5 Å². The van der Waals surface area contributed by atoms with Crippen LogP contribution in [0.5, 0.6) is 5.75 Å². The maximum Gasteiger partial charge on any atom is 0.220 e. The van der Waals surface area contributed by atoms with Gasteiger partial charge in [0, 0.05) is 29.7 Å². The number of hydrogen-bond acceptors (Lipinski definition) is 6. The Hall–Kier alpha value is -2.12. The van der Waals surface area contributed by atoms with Gasteiger partial charge in [0.1, 0.15) is 23.5 Å². The summed E-state index contributed by atoms with van der Waals surface area (Å²) < 4.78 is 26.5. The number of amidine groups is 1. The Morgan fingerprint density at radius 3 is 3.04 bits per heavy atom. The molecule has 5 rings (SSSR count). The third kappa shape index (κ3) is 2.34. The Morgan fingerprint density at radius 2 is 2.23 bits per heavy atom. The fraction of sp³-hybridized carbons (Fsp3) is 0.368. The molecular formula is C19H18FN3O2S. The first-order valence-electron chi connectivity index (χ1n) is 8.69. The molecule has 5 nitrogen and oxygen atoms in total. The Kier molecular flexibility index (Phi) is 3.68. The fourth-order valence-corrected chi connectivity index (χ4v) is 5.08. The molecule has 1 fully saturated rings. The summed E-state index contributed by atoms with van der Waals surface area (Å²) in [6, 6.07) is 9.17. The standard InChI is InChI=1S/C19H18FN3O2S/c20-17-12(3-1-7-22-17)11-5-6-14-13(9-11)19(10-26-18(21)23-19)16-15(25-14)4-2-8-24-16/h1,3,5-7,9,15-16H,2,4,8,10H2,(H2,21,23). The number of halogens is 1. The van der Waals surface area contributed by atoms with E-state index in [0.29, 0.717) is 23.1 Å². The first-order chi connectivity index (χ1) is 12.7. The highest BCUT2D eigenvalue weighted by atomic mass is 32.2. The SMILES string of the molecule is NC1=NC2(CS1)c1cc(-c3cccnc3F)ccc1OC1CCCOC12. The number of ether oxygens (including phenoxy) is 2. The lowest BCUT2D eigenvalue weighted by Crippen LogP contribution is -2.55. The van der Waals surface area contributed by atoms with Crippen LogP contribution in [0, 0.1) is 5.95 Å². The van der Waals surface area contributed by atoms with Crippen LogP contribution < -0.4 is 10.5 Å². The molecule has 1 spiro atoms. The molecule has 3 aliphatic rings. The molecule has 4 heterocycles. The Morgan fingerprint density at radius 1 is 1.31 bits per heavy atom. The lowest BCUT2D eigenvalue weighted by atomic mass is 9.78. The monoisotopic (exact) mass is 371 g/mol. The van der Waals surface area contributed by atoms with Gasteiger partial charge in [0.2, 0.25) is 5.95 Å². The van der Waals surface area contributed by atoms with Gasteiger partial charge in [0.15, 0.2) is 5.17 Å². The van der Waals surface area contributed by atoms with Crippen molar-refractivity contribution in [2.75, 3.05) is 12.4 Å². The fourth-order valence-electron chi connectivity index (χ4n) is 4.10. The van der Waals surface area contributed by atoms with E-state index in [2.05, 4.69) is 4.98 Å². The average molecular weight is 371 g/mol. The lowest BCUT2D eigenvalue weighted by molar-refractivity contribution is -0.108. The molecule has 0 bridgehead atoms. The number of aromatic nitrogens is 1. The number of thioether (sulfide) groups is 1. The second kappa shape index (κ2) is 5.96. The van der Waals surface area contributed by atoms with Gasteiger partial charge >= 0.3 is 0 Å². The summed E-state index contributed by atoms with van der Waals surface area (Å²) in [7, 11) is 0. The van der Waals surface area contributed by atoms with Crippen LogP contribution in [0.1, 0.15) is 18.4 Å². The van der Waals surface area contributed by atoms with Gasteiger partial charge < -0.3 is 15.2 Å². The van der Waals surface area contributed by atoms with Crippen LogP contribution in [0.2, 0.25) is 0 Å². The van der Waals surface area contributed by atoms with E-state index >= 15 is 0 Å². The normalized spacial score (nSPS) is 29.7. The Labute approximate surface area is 154 Å². The summed E-state index contributed by atoms with van der Waals surface area (Å²) >= 11 is 1.53. The van der Waals surface area contributed by atoms with Gasteiger partial charge in [0.05, 0.1) is 0 Å². The van der Waals surface area contributed by atoms with Gasteiger partial charge in [-0.25, -0.2) is 9.98 Å². The summed E-state index contributed by atoms with van der Waals surface area (Å²) in [4.78, 5) is 8.57. The predicted molar refractivity (Wildman–Crippen MR) is 98.8 cm³/mol. The van der Waals surface area contributed by atoms with E-state index in [1.54, 1.807) is 12.1 Å². The summed E-state index contributed by atoms with van der Waals surface area (Å²) in [6.07, 6.45) is 3.14. The number of rotatable bonds is 1. The zero-order valence-corrected chi connectivity index (χ0v) is 14.8. The second-order valence-corrected chi connectivity index (χ2v) is 7.80. The van der Waals surface area contributed by atoms with Crippen molar-refractivity contribution >= 4 is 16.9 Å². The molecule has 1 aromatic heterocycles. The molecule has 2 aromatic rings. The summed E-state index contributed by atoms with van der Waals surface area (Å²) in [5.74, 6) is 0.993. The van der Waals surface area contributed by atoms with Crippen molar-refractivity contribution in [3.05, 3.63) is 48.0 Å². The predicted octanol–water partition coefficient (Wildman–Crippen LogP) is 3.08. The highest BCUT2D eigenvalue weighted by Gasteiger charge is 2.54. The number of benzene rings is 1. The third-order valence-corrected chi connectivity index (χ3v) is 6.25. The van der Waals surface area contributed by atoms with Crippen LogP contribution >= 0.6 is 11.8 Å². The van der Waals surface area contributed by atoms with Crippen molar-refractivity contribution in [3.63, 3.8) is 0 Å². The van der Waals surface area contributed by atoms with E-state index < -0.39 is 11.5 Å². The Balaban J connectivity index is 1.69. The number of hydrogen-bond donors (Lipinski definition) is 1. The quantitative estimate of drug-likeness (QED) is 0.780. The maximum atomic E-state index is 14.2. The number of pyridine rings is 1. The van der Waals surface area contributed by atoms with Gasteiger partial charge in [-0.05, 0) is 42.7 Å². The molecule has 0 amide bonds. The molecule has 3 atom stereocenters. The van der Waals surface area contributed by atoms with Gasteiger partial charge in [0.25, 0.3) is 0 Å². The van der Waals surface area contributed by atoms with E-state index in [4.69, 9.17) is 20.2 Å². The minimum Gasteiger partial charge on any atom is -0.487 e. The lowest BCUT2D eigenvalue weighted by Gasteiger charge is -2.46. The van der Waals surface area contributed by atoms with Crippen LogP contribution in [0.25, 0.3) is 11.1 Å². The molecule has 3 aliphatic heterocycles. The molecule has 1 aromatic carbocycles. The second-order valence-electron chi connectivity index (χ2n) is 6.81. The topological polar surface area (TPSA) is 69.7 Å². The van der Waals surface area contributed by atoms with Gasteiger partial charge in [-0.3, -0.25) is 0 Å². The van der Waals surface area contributed by atoms with Crippen molar-refractivity contribution < 1.29 is 13.9 Å². The molecule has 0 saturated carbocycles. The van der Waals surface area contributed by atoms with E-state index in [-0.39, 0.29) is 12.2 Å². The number of nitrogens with zero attached hydrogens (tertiary/aromatic N) is 2. The number of fused-ring (bicyclic) bond motifs is 4. The van der Waals surface area contributed by atoms with Crippen LogP contribution in [-0.4, -0.2) is 34.7 Å². The van der Waals surface area contributed by atoms with E-state index in [1.165, 1.54) is 18.0 Å². The van der Waals surface area contributed by atoms with Crippen molar-refractivity contribution in [1.29, 1.82) is 0 Å². The van der Waals surface area contributed by atoms with E-state index in [0.717, 1.165) is 29.7 Å². The van der Waals surface area contributed by atoms with Crippen molar-refractivity contribution in [3.8, 4) is 16.9 Å². The van der Waals surface area contributed by atoms with Gasteiger partial charge in [-0.2, -0.15) is 4.39 Å². The largest absolute Gasteiger partial charge is 0.487 e. The molecule has 0 radical (unpaired) electrons. The van der Waals surface area contributed by atoms with Crippen molar-refractivity contribution in [1.82, 2.24) is 4.98 Å². The molecule has 26 heavy (non-hydrogen) atoms. The highest BCUT2D eigenvalue weighted by Crippen LogP contribution is 2.51. The smallest absolute Gasteiger partial charge is 0.220 e. The van der Waals surface area contributed by atoms with Crippen molar-refractivity contribution in [2.45, 2.75) is 30.6 Å². The zero-order chi connectivity index (χ0) is 17.7. The first-order valence-corrected chi connectivity index (χ1v) is 9.68. The highest BCUT2D eigenvalue weighted by molar-refractivity contribution is 8.14. The molecule has 1 saturated heterocycles. The van der Waals surface area contributed by atoms with Gasteiger partial charge in [-0.1, -0.05) is 17.8 Å². The minimum absolute atomic E-state index is 0.0347. The van der Waals surface area contributed by atoms with Crippen LogP contribution in [0.4, 0.5) is 4.39 Å². The number of nitrogens with two attached hydrogens (primary N) is 1.